The molecule has 0 amide bonds. The molecule has 1 rings (SSSR count). The van der Waals surface area contributed by atoms with Crippen LogP contribution >= 0.6 is 0 Å². The molecule has 0 heterocycles. The quantitative estimate of drug-likeness (QED) is 0.748. The molecule has 0 fully saturated rings. The van der Waals surface area contributed by atoms with Gasteiger partial charge in [-0.15, -0.1) is 0 Å². The number of hydrogen-bond donors (Lipinski definition) is 1. The first-order chi connectivity index (χ1) is 6.86. The highest BCUT2D eigenvalue weighted by atomic mass is 16.5. The van der Waals surface area contributed by atoms with Crippen LogP contribution < -0.4 is 4.74 Å². The Morgan fingerprint density at radius 3 is 2.29 bits per heavy atom. The second-order valence-corrected chi connectivity index (χ2v) is 2.26. The van der Waals surface area contributed by atoms with E-state index in [-0.39, 0.29) is 13.2 Å². The Balaban J connectivity index is 0.000000791. The summed E-state index contributed by atoms with van der Waals surface area (Å²) in [5, 5.41) is 8.45. The summed E-state index contributed by atoms with van der Waals surface area (Å²) in [7, 11) is 0. The molecule has 0 radical (unpaired) electrons. The van der Waals surface area contributed by atoms with Crippen molar-refractivity contribution in [1.82, 2.24) is 0 Å². The number of carbonyl (C=O) groups is 1. The first-order valence-electron chi connectivity index (χ1n) is 4.65. The van der Waals surface area contributed by atoms with Gasteiger partial charge < -0.3 is 9.84 Å². The second-order valence-electron chi connectivity index (χ2n) is 2.26. The van der Waals surface area contributed by atoms with Crippen LogP contribution in [-0.2, 0) is 0 Å². The molecule has 1 N–H and O–H groups in total. The van der Waals surface area contributed by atoms with Gasteiger partial charge in [0.25, 0.3) is 0 Å². The molecule has 3 nitrogen and oxygen atoms in total. The zero-order chi connectivity index (χ0) is 10.8. The maximum atomic E-state index is 10.3. The van der Waals surface area contributed by atoms with Crippen molar-refractivity contribution in [3.8, 4) is 5.75 Å². The molecule has 1 aromatic carbocycles. The fourth-order valence-corrected chi connectivity index (χ4v) is 0.806. The molecule has 3 heteroatoms. The van der Waals surface area contributed by atoms with E-state index < -0.39 is 0 Å². The average Bonchev–Trinajstić information content (AvgIpc) is 2.30. The van der Waals surface area contributed by atoms with E-state index in [4.69, 9.17) is 9.84 Å². The molecular formula is C11H16O3. The standard InChI is InChI=1S/C9H10O3.C2H6/c10-5-6-12-9-3-1-8(7-11)2-4-9;1-2/h1-4,7,10H,5-6H2;1-2H3. The smallest absolute Gasteiger partial charge is 0.150 e. The van der Waals surface area contributed by atoms with E-state index in [0.29, 0.717) is 11.3 Å². The van der Waals surface area contributed by atoms with Gasteiger partial charge in [0.15, 0.2) is 0 Å². The lowest BCUT2D eigenvalue weighted by Gasteiger charge is -2.02. The monoisotopic (exact) mass is 196 g/mol. The molecule has 0 aliphatic rings. The summed E-state index contributed by atoms with van der Waals surface area (Å²) in [5.74, 6) is 0.662. The minimum absolute atomic E-state index is 0.00453. The third-order valence-corrected chi connectivity index (χ3v) is 1.38. The van der Waals surface area contributed by atoms with Gasteiger partial charge in [-0.3, -0.25) is 4.79 Å². The number of benzene rings is 1. The summed E-state index contributed by atoms with van der Waals surface area (Å²) in [6.45, 7) is 4.27. The van der Waals surface area contributed by atoms with Crippen molar-refractivity contribution in [1.29, 1.82) is 0 Å². The Kier molecular flexibility index (Phi) is 7.46. The molecule has 0 bridgehead atoms. The molecule has 0 saturated carbocycles. The Morgan fingerprint density at radius 1 is 1.29 bits per heavy atom. The number of ether oxygens (including phenoxy) is 1. The van der Waals surface area contributed by atoms with E-state index in [9.17, 15) is 4.79 Å². The van der Waals surface area contributed by atoms with Crippen LogP contribution in [0.25, 0.3) is 0 Å². The predicted molar refractivity (Wildman–Crippen MR) is 55.8 cm³/mol. The lowest BCUT2D eigenvalue weighted by atomic mass is 10.2. The molecule has 14 heavy (non-hydrogen) atoms. The highest BCUT2D eigenvalue weighted by Crippen LogP contribution is 2.10. The van der Waals surface area contributed by atoms with E-state index in [1.807, 2.05) is 13.8 Å². The molecule has 0 spiro atoms. The lowest BCUT2D eigenvalue weighted by molar-refractivity contribution is 0.112. The fourth-order valence-electron chi connectivity index (χ4n) is 0.806. The van der Waals surface area contributed by atoms with Gasteiger partial charge in [0, 0.05) is 5.56 Å². The highest BCUT2D eigenvalue weighted by Gasteiger charge is 1.92. The third-order valence-electron chi connectivity index (χ3n) is 1.38. The molecule has 0 atom stereocenters. The van der Waals surface area contributed by atoms with Crippen LogP contribution in [0.15, 0.2) is 24.3 Å². The van der Waals surface area contributed by atoms with E-state index in [0.717, 1.165) is 6.29 Å². The Morgan fingerprint density at radius 2 is 1.86 bits per heavy atom. The topological polar surface area (TPSA) is 46.5 Å². The van der Waals surface area contributed by atoms with Gasteiger partial charge in [-0.25, -0.2) is 0 Å². The minimum atomic E-state index is -0.00453. The van der Waals surface area contributed by atoms with Gasteiger partial charge in [-0.2, -0.15) is 0 Å². The van der Waals surface area contributed by atoms with Crippen LogP contribution in [0.1, 0.15) is 24.2 Å². The number of carbonyl (C=O) groups excluding carboxylic acids is 1. The zero-order valence-corrected chi connectivity index (χ0v) is 8.56. The van der Waals surface area contributed by atoms with Crippen molar-refractivity contribution in [3.05, 3.63) is 29.8 Å². The Labute approximate surface area is 84.3 Å². The molecule has 0 unspecified atom stereocenters. The van der Waals surface area contributed by atoms with Crippen molar-refractivity contribution >= 4 is 6.29 Å². The molecular weight excluding hydrogens is 180 g/mol. The van der Waals surface area contributed by atoms with Gasteiger partial charge in [-0.05, 0) is 24.3 Å². The van der Waals surface area contributed by atoms with Gasteiger partial charge in [0.1, 0.15) is 18.6 Å². The normalized spacial score (nSPS) is 8.50. The number of aliphatic hydroxyl groups excluding tert-OH is 1. The molecule has 0 aliphatic carbocycles. The van der Waals surface area contributed by atoms with Gasteiger partial charge in [0.2, 0.25) is 0 Å². The summed E-state index contributed by atoms with van der Waals surface area (Å²) in [6, 6.07) is 6.72. The number of hydrogen-bond acceptors (Lipinski definition) is 3. The van der Waals surface area contributed by atoms with Crippen LogP contribution in [0.3, 0.4) is 0 Å². The molecule has 0 aliphatic heterocycles. The van der Waals surface area contributed by atoms with E-state index >= 15 is 0 Å². The Hall–Kier alpha value is -1.35. The predicted octanol–water partition coefficient (Wildman–Crippen LogP) is 1.90. The maximum Gasteiger partial charge on any atom is 0.150 e. The molecule has 0 aromatic heterocycles. The lowest BCUT2D eigenvalue weighted by Crippen LogP contribution is -2.01. The van der Waals surface area contributed by atoms with Crippen LogP contribution in [0.5, 0.6) is 5.75 Å². The Bertz CT molecular complexity index is 241. The van der Waals surface area contributed by atoms with E-state index in [1.165, 1.54) is 0 Å². The van der Waals surface area contributed by atoms with E-state index in [2.05, 4.69) is 0 Å². The average molecular weight is 196 g/mol. The summed E-state index contributed by atoms with van der Waals surface area (Å²) >= 11 is 0. The third kappa shape index (κ3) is 4.62. The number of aliphatic hydroxyl groups is 1. The van der Waals surface area contributed by atoms with Crippen molar-refractivity contribution in [3.63, 3.8) is 0 Å². The van der Waals surface area contributed by atoms with Crippen LogP contribution in [-0.4, -0.2) is 24.6 Å². The van der Waals surface area contributed by atoms with Crippen molar-refractivity contribution in [2.45, 2.75) is 13.8 Å². The minimum Gasteiger partial charge on any atom is -0.491 e. The number of aldehydes is 1. The van der Waals surface area contributed by atoms with Gasteiger partial charge in [0.05, 0.1) is 6.61 Å². The first kappa shape index (κ1) is 12.7. The fraction of sp³-hybridized carbons (Fsp3) is 0.364. The largest absolute Gasteiger partial charge is 0.491 e. The summed E-state index contributed by atoms with van der Waals surface area (Å²) < 4.78 is 5.09. The highest BCUT2D eigenvalue weighted by molar-refractivity contribution is 5.74. The summed E-state index contributed by atoms with van der Waals surface area (Å²) in [6.07, 6.45) is 0.774. The van der Waals surface area contributed by atoms with Gasteiger partial charge in [-0.1, -0.05) is 13.8 Å². The maximum absolute atomic E-state index is 10.3. The molecule has 1 aromatic rings. The number of rotatable bonds is 4. The first-order valence-corrected chi connectivity index (χ1v) is 4.65. The van der Waals surface area contributed by atoms with Crippen LogP contribution in [0.4, 0.5) is 0 Å². The van der Waals surface area contributed by atoms with Crippen LogP contribution in [0.2, 0.25) is 0 Å². The van der Waals surface area contributed by atoms with Crippen molar-refractivity contribution in [2.24, 2.45) is 0 Å². The van der Waals surface area contributed by atoms with Crippen molar-refractivity contribution in [2.75, 3.05) is 13.2 Å². The summed E-state index contributed by atoms with van der Waals surface area (Å²) in [4.78, 5) is 10.3. The second kappa shape index (κ2) is 8.26. The van der Waals surface area contributed by atoms with E-state index in [1.54, 1.807) is 24.3 Å². The van der Waals surface area contributed by atoms with Gasteiger partial charge >= 0.3 is 0 Å². The molecule has 78 valence electrons. The zero-order valence-electron chi connectivity index (χ0n) is 8.56. The molecule has 0 saturated heterocycles. The summed E-state index contributed by atoms with van der Waals surface area (Å²) in [5.41, 5.74) is 0.617. The SMILES string of the molecule is CC.O=Cc1ccc(OCCO)cc1. The van der Waals surface area contributed by atoms with Crippen molar-refractivity contribution < 1.29 is 14.6 Å². The van der Waals surface area contributed by atoms with Crippen LogP contribution in [0, 0.1) is 0 Å².